The van der Waals surface area contributed by atoms with Crippen molar-refractivity contribution in [2.75, 3.05) is 0 Å². The molecule has 58 valence electrons. The molecular weight excluding hydrogens is 142 g/mol. The molecule has 0 atom stereocenters. The third-order valence-electron chi connectivity index (χ3n) is 1.23. The van der Waals surface area contributed by atoms with Crippen molar-refractivity contribution >= 4 is 5.97 Å². The van der Waals surface area contributed by atoms with Gasteiger partial charge in [0.1, 0.15) is 6.61 Å². The second kappa shape index (κ2) is 3.71. The summed E-state index contributed by atoms with van der Waals surface area (Å²) >= 11 is 0. The van der Waals surface area contributed by atoms with Crippen LogP contribution in [0.3, 0.4) is 0 Å². The van der Waals surface area contributed by atoms with E-state index >= 15 is 0 Å². The molecule has 3 heteroatoms. The summed E-state index contributed by atoms with van der Waals surface area (Å²) < 4.78 is 4.78. The van der Waals surface area contributed by atoms with Crippen molar-refractivity contribution in [2.45, 2.75) is 13.5 Å². The molecule has 0 aliphatic carbocycles. The number of rotatable bonds is 2. The van der Waals surface area contributed by atoms with Crippen LogP contribution in [0.1, 0.15) is 12.5 Å². The summed E-state index contributed by atoms with van der Waals surface area (Å²) in [4.78, 5) is 13.3. The van der Waals surface area contributed by atoms with Crippen LogP contribution >= 0.6 is 0 Å². The molecule has 0 spiro atoms. The van der Waals surface area contributed by atoms with Gasteiger partial charge in [-0.15, -0.1) is 0 Å². The highest BCUT2D eigenvalue weighted by atomic mass is 16.5. The number of nitrogens with one attached hydrogen (secondary N) is 1. The lowest BCUT2D eigenvalue weighted by atomic mass is 10.3. The summed E-state index contributed by atoms with van der Waals surface area (Å²) in [6.45, 7) is 1.75. The van der Waals surface area contributed by atoms with Gasteiger partial charge >= 0.3 is 5.97 Å². The Morgan fingerprint density at radius 2 is 2.18 bits per heavy atom. The number of carbonyl (C=O) groups excluding carboxylic acids is 1. The predicted molar refractivity (Wildman–Crippen MR) is 38.5 cm³/mol. The monoisotopic (exact) mass is 152 g/mol. The molecule has 0 radical (unpaired) electrons. The van der Waals surface area contributed by atoms with Gasteiger partial charge in [0, 0.05) is 24.6 Å². The van der Waals surface area contributed by atoms with Crippen LogP contribution in [0, 0.1) is 0 Å². The second-order valence-corrected chi connectivity index (χ2v) is 2.19. The van der Waals surface area contributed by atoms with Crippen molar-refractivity contribution in [1.29, 1.82) is 0 Å². The topological polar surface area (TPSA) is 40.4 Å². The number of hydrogen-bond acceptors (Lipinski definition) is 2. The summed E-state index contributed by atoms with van der Waals surface area (Å²) in [5.74, 6) is -0.252. The molecule has 0 unspecified atom stereocenters. The number of hydrogen-bond donors (Lipinski definition) is 0. The average Bonchev–Trinajstić information content (AvgIpc) is 2.03. The summed E-state index contributed by atoms with van der Waals surface area (Å²) in [6.07, 6.45) is 3.58. The van der Waals surface area contributed by atoms with Gasteiger partial charge in [-0.2, -0.15) is 0 Å². The fourth-order valence-corrected chi connectivity index (χ4v) is 0.703. The van der Waals surface area contributed by atoms with Crippen molar-refractivity contribution in [3.8, 4) is 0 Å². The van der Waals surface area contributed by atoms with E-state index in [0.717, 1.165) is 5.56 Å². The van der Waals surface area contributed by atoms with E-state index in [2.05, 4.69) is 4.98 Å². The van der Waals surface area contributed by atoms with Crippen molar-refractivity contribution in [1.82, 2.24) is 0 Å². The van der Waals surface area contributed by atoms with Gasteiger partial charge in [-0.25, -0.2) is 4.98 Å². The van der Waals surface area contributed by atoms with Gasteiger partial charge < -0.3 is 4.74 Å². The van der Waals surface area contributed by atoms with Crippen LogP contribution in [0.2, 0.25) is 0 Å². The van der Waals surface area contributed by atoms with Crippen molar-refractivity contribution < 1.29 is 14.5 Å². The first-order valence-electron chi connectivity index (χ1n) is 3.37. The number of ether oxygens (including phenoxy) is 1. The normalized spacial score (nSPS) is 9.18. The van der Waals surface area contributed by atoms with Gasteiger partial charge in [-0.05, 0) is 0 Å². The maximum atomic E-state index is 10.4. The number of carbonyl (C=O) groups is 1. The highest BCUT2D eigenvalue weighted by molar-refractivity contribution is 5.65. The minimum Gasteiger partial charge on any atom is -0.461 e. The highest BCUT2D eigenvalue weighted by Crippen LogP contribution is 1.96. The molecule has 0 aliphatic rings. The molecule has 1 N–H and O–H groups in total. The van der Waals surface area contributed by atoms with E-state index in [-0.39, 0.29) is 5.97 Å². The number of pyridine rings is 1. The Bertz CT molecular complexity index is 233. The van der Waals surface area contributed by atoms with Crippen LogP contribution in [0.5, 0.6) is 0 Å². The van der Waals surface area contributed by atoms with Crippen LogP contribution < -0.4 is 4.98 Å². The largest absolute Gasteiger partial charge is 0.461 e. The average molecular weight is 152 g/mol. The lowest BCUT2D eigenvalue weighted by Gasteiger charge is -1.98. The minimum absolute atomic E-state index is 0.252. The van der Waals surface area contributed by atoms with E-state index in [1.54, 1.807) is 12.4 Å². The predicted octanol–water partition coefficient (Wildman–Crippen LogP) is 0.564. The van der Waals surface area contributed by atoms with Crippen molar-refractivity contribution in [3.63, 3.8) is 0 Å². The molecule has 1 aromatic rings. The molecule has 0 bridgehead atoms. The van der Waals surface area contributed by atoms with Crippen LogP contribution in [0.15, 0.2) is 24.5 Å². The van der Waals surface area contributed by atoms with Crippen molar-refractivity contribution in [3.05, 3.63) is 30.1 Å². The Hall–Kier alpha value is -1.38. The Balaban J connectivity index is 2.45. The Morgan fingerprint density at radius 3 is 2.73 bits per heavy atom. The van der Waals surface area contributed by atoms with E-state index in [1.807, 2.05) is 12.1 Å². The van der Waals surface area contributed by atoms with E-state index in [9.17, 15) is 4.79 Å². The molecule has 1 aromatic heterocycles. The standard InChI is InChI=1S/C8H9NO2/c1-7(10)11-6-8-2-4-9-5-3-8/h2-5H,6H2,1H3/p+1. The van der Waals surface area contributed by atoms with E-state index in [4.69, 9.17) is 4.74 Å². The molecule has 0 saturated carbocycles. The Kier molecular flexibility index (Phi) is 2.60. The molecule has 1 rings (SSSR count). The van der Waals surface area contributed by atoms with E-state index < -0.39 is 0 Å². The molecule has 0 fully saturated rings. The lowest BCUT2D eigenvalue weighted by Crippen LogP contribution is -2.02. The lowest BCUT2D eigenvalue weighted by molar-refractivity contribution is -0.378. The molecule has 0 aliphatic heterocycles. The molecule has 11 heavy (non-hydrogen) atoms. The smallest absolute Gasteiger partial charge is 0.302 e. The van der Waals surface area contributed by atoms with E-state index in [0.29, 0.717) is 6.61 Å². The van der Waals surface area contributed by atoms with Crippen LogP contribution in [-0.2, 0) is 16.1 Å². The van der Waals surface area contributed by atoms with Crippen LogP contribution in [0.4, 0.5) is 0 Å². The Morgan fingerprint density at radius 1 is 1.55 bits per heavy atom. The molecule has 3 nitrogen and oxygen atoms in total. The maximum absolute atomic E-state index is 10.4. The molecule has 1 heterocycles. The van der Waals surface area contributed by atoms with Gasteiger partial charge in [-0.1, -0.05) is 0 Å². The zero-order valence-electron chi connectivity index (χ0n) is 6.33. The third-order valence-corrected chi connectivity index (χ3v) is 1.23. The fourth-order valence-electron chi connectivity index (χ4n) is 0.703. The third kappa shape index (κ3) is 2.80. The van der Waals surface area contributed by atoms with Gasteiger partial charge in [0.25, 0.3) is 0 Å². The van der Waals surface area contributed by atoms with Crippen molar-refractivity contribution in [2.24, 2.45) is 0 Å². The summed E-state index contributed by atoms with van der Waals surface area (Å²) in [7, 11) is 0. The molecular formula is C8H10NO2+. The fraction of sp³-hybridized carbons (Fsp3) is 0.250. The quantitative estimate of drug-likeness (QED) is 0.581. The highest BCUT2D eigenvalue weighted by Gasteiger charge is 1.95. The molecule has 0 saturated heterocycles. The number of aromatic nitrogens is 1. The number of H-pyrrole nitrogens is 1. The molecule has 0 aromatic carbocycles. The SMILES string of the molecule is CC(=O)OCc1cc[nH+]cc1. The van der Waals surface area contributed by atoms with Crippen LogP contribution in [-0.4, -0.2) is 5.97 Å². The zero-order valence-corrected chi connectivity index (χ0v) is 6.33. The Labute approximate surface area is 65.0 Å². The summed E-state index contributed by atoms with van der Waals surface area (Å²) in [5.41, 5.74) is 0.985. The van der Waals surface area contributed by atoms with E-state index in [1.165, 1.54) is 6.92 Å². The summed E-state index contributed by atoms with van der Waals surface area (Å²) in [5, 5.41) is 0. The number of aromatic amines is 1. The first-order valence-corrected chi connectivity index (χ1v) is 3.37. The molecule has 0 amide bonds. The first-order chi connectivity index (χ1) is 5.29. The van der Waals surface area contributed by atoms with Gasteiger partial charge in [0.2, 0.25) is 0 Å². The summed E-state index contributed by atoms with van der Waals surface area (Å²) in [6, 6.07) is 3.73. The number of esters is 1. The maximum Gasteiger partial charge on any atom is 0.302 e. The van der Waals surface area contributed by atoms with Gasteiger partial charge in [0.05, 0.1) is 0 Å². The van der Waals surface area contributed by atoms with Crippen LogP contribution in [0.25, 0.3) is 0 Å². The first kappa shape index (κ1) is 7.72. The second-order valence-electron chi connectivity index (χ2n) is 2.19. The zero-order chi connectivity index (χ0) is 8.10. The van der Waals surface area contributed by atoms with Gasteiger partial charge in [0.15, 0.2) is 12.4 Å². The van der Waals surface area contributed by atoms with Gasteiger partial charge in [-0.3, -0.25) is 4.79 Å². The minimum atomic E-state index is -0.252.